The maximum atomic E-state index is 10.8. The van der Waals surface area contributed by atoms with Crippen molar-refractivity contribution in [1.29, 1.82) is 0 Å². The van der Waals surface area contributed by atoms with Gasteiger partial charge in [0.25, 0.3) is 0 Å². The summed E-state index contributed by atoms with van der Waals surface area (Å²) >= 11 is 1.60. The Kier molecular flexibility index (Phi) is 4.36. The fourth-order valence-corrected chi connectivity index (χ4v) is 2.84. The molecule has 0 saturated carbocycles. The van der Waals surface area contributed by atoms with E-state index in [0.717, 1.165) is 27.5 Å². The summed E-state index contributed by atoms with van der Waals surface area (Å²) in [5.41, 5.74) is 9.49. The second kappa shape index (κ2) is 6.02. The lowest BCUT2D eigenvalue weighted by Gasteiger charge is -2.22. The molecule has 3 N–H and O–H groups in total. The molecule has 0 amide bonds. The molecule has 0 atom stereocenters. The first-order valence-electron chi connectivity index (χ1n) is 6.21. The van der Waals surface area contributed by atoms with Gasteiger partial charge < -0.3 is 15.7 Å². The van der Waals surface area contributed by atoms with E-state index < -0.39 is 5.97 Å². The van der Waals surface area contributed by atoms with Crippen LogP contribution >= 0.6 is 11.3 Å². The Morgan fingerprint density at radius 2 is 2.20 bits per heavy atom. The highest BCUT2D eigenvalue weighted by molar-refractivity contribution is 7.13. The molecule has 0 saturated heterocycles. The maximum absolute atomic E-state index is 10.8. The van der Waals surface area contributed by atoms with Crippen molar-refractivity contribution in [2.75, 3.05) is 18.1 Å². The van der Waals surface area contributed by atoms with Gasteiger partial charge in [0, 0.05) is 22.3 Å². The number of aryl methyl sites for hydroxylation is 2. The Labute approximate surface area is 121 Å². The lowest BCUT2D eigenvalue weighted by Crippen LogP contribution is -2.35. The summed E-state index contributed by atoms with van der Waals surface area (Å²) in [6.07, 6.45) is 0. The normalized spacial score (nSPS) is 10.6. The molecule has 2 aromatic rings. The van der Waals surface area contributed by atoms with Gasteiger partial charge in [-0.15, -0.1) is 11.3 Å². The molecule has 20 heavy (non-hydrogen) atoms. The van der Waals surface area contributed by atoms with Gasteiger partial charge in [0.05, 0.1) is 6.67 Å². The van der Waals surface area contributed by atoms with Crippen molar-refractivity contribution in [2.45, 2.75) is 13.8 Å². The van der Waals surface area contributed by atoms with Crippen molar-refractivity contribution < 1.29 is 9.90 Å². The van der Waals surface area contributed by atoms with E-state index in [1.165, 1.54) is 0 Å². The van der Waals surface area contributed by atoms with Crippen LogP contribution in [0.3, 0.4) is 0 Å². The zero-order valence-electron chi connectivity index (χ0n) is 11.5. The number of rotatable bonds is 5. The van der Waals surface area contributed by atoms with Crippen LogP contribution in [-0.4, -0.2) is 29.3 Å². The Morgan fingerprint density at radius 1 is 1.45 bits per heavy atom. The second-order valence-electron chi connectivity index (χ2n) is 4.57. The Balaban J connectivity index is 2.31. The summed E-state index contributed by atoms with van der Waals surface area (Å²) in [5, 5.41) is 11.9. The Hall–Kier alpha value is -1.92. The molecule has 2 rings (SSSR count). The SMILES string of the molecule is Cc1csc(-c2ccc(N(CN)CC(=O)O)c(C)c2)n1. The molecule has 0 aliphatic carbocycles. The average Bonchev–Trinajstić information content (AvgIpc) is 2.82. The van der Waals surface area contributed by atoms with Gasteiger partial charge in [0.15, 0.2) is 0 Å². The van der Waals surface area contributed by atoms with Gasteiger partial charge in [-0.3, -0.25) is 4.79 Å². The molecular formula is C14H17N3O2S. The maximum Gasteiger partial charge on any atom is 0.323 e. The highest BCUT2D eigenvalue weighted by Gasteiger charge is 2.12. The molecule has 106 valence electrons. The third-order valence-corrected chi connectivity index (χ3v) is 3.96. The van der Waals surface area contributed by atoms with Crippen LogP contribution in [0.15, 0.2) is 23.6 Å². The van der Waals surface area contributed by atoms with E-state index in [9.17, 15) is 4.79 Å². The minimum atomic E-state index is -0.894. The smallest absolute Gasteiger partial charge is 0.323 e. The zero-order valence-corrected chi connectivity index (χ0v) is 12.3. The molecule has 5 nitrogen and oxygen atoms in total. The lowest BCUT2D eigenvalue weighted by molar-refractivity contribution is -0.135. The van der Waals surface area contributed by atoms with E-state index in [4.69, 9.17) is 10.8 Å². The van der Waals surface area contributed by atoms with Crippen LogP contribution in [-0.2, 0) is 4.79 Å². The van der Waals surface area contributed by atoms with Gasteiger partial charge in [-0.25, -0.2) is 4.98 Å². The molecule has 0 bridgehead atoms. The van der Waals surface area contributed by atoms with Crippen molar-refractivity contribution in [1.82, 2.24) is 4.98 Å². The number of carboxylic acids is 1. The van der Waals surface area contributed by atoms with Crippen LogP contribution in [0.4, 0.5) is 5.69 Å². The fourth-order valence-electron chi connectivity index (χ4n) is 2.04. The molecule has 0 spiro atoms. The van der Waals surface area contributed by atoms with Crippen molar-refractivity contribution >= 4 is 23.0 Å². The monoisotopic (exact) mass is 291 g/mol. The predicted octanol–water partition coefficient (Wildman–Crippen LogP) is 2.23. The molecule has 1 aromatic carbocycles. The van der Waals surface area contributed by atoms with Crippen LogP contribution in [0, 0.1) is 13.8 Å². The average molecular weight is 291 g/mol. The van der Waals surface area contributed by atoms with Gasteiger partial charge in [-0.1, -0.05) is 0 Å². The van der Waals surface area contributed by atoms with E-state index in [1.807, 2.05) is 37.4 Å². The standard InChI is InChI=1S/C14H17N3O2S/c1-9-5-11(14-16-10(2)7-20-14)3-4-12(9)17(8-15)6-13(18)19/h3-5,7H,6,8,15H2,1-2H3,(H,18,19). The van der Waals surface area contributed by atoms with E-state index in [2.05, 4.69) is 4.98 Å². The lowest BCUT2D eigenvalue weighted by atomic mass is 10.1. The zero-order chi connectivity index (χ0) is 14.7. The fraction of sp³-hybridized carbons (Fsp3) is 0.286. The number of aliphatic carboxylic acids is 1. The molecule has 1 aromatic heterocycles. The molecule has 0 aliphatic rings. The van der Waals surface area contributed by atoms with Crippen molar-refractivity contribution in [3.05, 3.63) is 34.8 Å². The predicted molar refractivity (Wildman–Crippen MR) is 81.1 cm³/mol. The molecule has 0 fully saturated rings. The first-order chi connectivity index (χ1) is 9.51. The summed E-state index contributed by atoms with van der Waals surface area (Å²) in [6, 6.07) is 5.86. The van der Waals surface area contributed by atoms with Crippen molar-refractivity contribution in [2.24, 2.45) is 5.73 Å². The number of hydrogen-bond acceptors (Lipinski definition) is 5. The number of thiazole rings is 1. The van der Waals surface area contributed by atoms with Crippen LogP contribution in [0.2, 0.25) is 0 Å². The number of nitrogens with zero attached hydrogens (tertiary/aromatic N) is 2. The number of carboxylic acid groups (broad SMARTS) is 1. The van der Waals surface area contributed by atoms with E-state index in [-0.39, 0.29) is 13.2 Å². The third-order valence-electron chi connectivity index (χ3n) is 2.95. The highest BCUT2D eigenvalue weighted by atomic mass is 32.1. The van der Waals surface area contributed by atoms with Gasteiger partial charge in [0.2, 0.25) is 0 Å². The van der Waals surface area contributed by atoms with E-state index in [1.54, 1.807) is 16.2 Å². The van der Waals surface area contributed by atoms with E-state index >= 15 is 0 Å². The van der Waals surface area contributed by atoms with E-state index in [0.29, 0.717) is 0 Å². The Bertz CT molecular complexity index is 625. The molecule has 0 radical (unpaired) electrons. The summed E-state index contributed by atoms with van der Waals surface area (Å²) in [4.78, 5) is 16.9. The summed E-state index contributed by atoms with van der Waals surface area (Å²) in [6.45, 7) is 3.98. The largest absolute Gasteiger partial charge is 0.480 e. The van der Waals surface area contributed by atoms with Gasteiger partial charge >= 0.3 is 5.97 Å². The van der Waals surface area contributed by atoms with Crippen molar-refractivity contribution in [3.8, 4) is 10.6 Å². The van der Waals surface area contributed by atoms with Crippen LogP contribution in [0.5, 0.6) is 0 Å². The third kappa shape index (κ3) is 3.15. The van der Waals surface area contributed by atoms with Crippen LogP contribution in [0.25, 0.3) is 10.6 Å². The topological polar surface area (TPSA) is 79.5 Å². The summed E-state index contributed by atoms with van der Waals surface area (Å²) < 4.78 is 0. The highest BCUT2D eigenvalue weighted by Crippen LogP contribution is 2.28. The first-order valence-corrected chi connectivity index (χ1v) is 7.09. The minimum absolute atomic E-state index is 0.104. The quantitative estimate of drug-likeness (QED) is 0.826. The number of carbonyl (C=O) groups is 1. The molecular weight excluding hydrogens is 274 g/mol. The second-order valence-corrected chi connectivity index (χ2v) is 5.43. The number of hydrogen-bond donors (Lipinski definition) is 2. The van der Waals surface area contributed by atoms with Gasteiger partial charge in [-0.05, 0) is 37.6 Å². The summed E-state index contributed by atoms with van der Waals surface area (Å²) in [5.74, 6) is -0.894. The van der Waals surface area contributed by atoms with Gasteiger partial charge in [0.1, 0.15) is 11.6 Å². The minimum Gasteiger partial charge on any atom is -0.480 e. The molecule has 1 heterocycles. The van der Waals surface area contributed by atoms with Gasteiger partial charge in [-0.2, -0.15) is 0 Å². The number of anilines is 1. The number of aromatic nitrogens is 1. The van der Waals surface area contributed by atoms with Crippen LogP contribution in [0.1, 0.15) is 11.3 Å². The van der Waals surface area contributed by atoms with Crippen molar-refractivity contribution in [3.63, 3.8) is 0 Å². The Morgan fingerprint density at radius 3 is 2.70 bits per heavy atom. The summed E-state index contributed by atoms with van der Waals surface area (Å²) in [7, 11) is 0. The number of benzene rings is 1. The molecule has 0 unspecified atom stereocenters. The molecule has 6 heteroatoms. The van der Waals surface area contributed by atoms with Crippen LogP contribution < -0.4 is 10.6 Å². The first kappa shape index (κ1) is 14.5. The number of nitrogens with two attached hydrogens (primary N) is 1. The molecule has 0 aliphatic heterocycles.